The van der Waals surface area contributed by atoms with Gasteiger partial charge in [-0.15, -0.1) is 0 Å². The predicted molar refractivity (Wildman–Crippen MR) is 76.8 cm³/mol. The molecule has 0 aromatic heterocycles. The molecule has 0 aliphatic heterocycles. The maximum absolute atomic E-state index is 13.6. The number of hydrogen-bond donors (Lipinski definition) is 0. The average molecular weight is 538 g/mol. The lowest BCUT2D eigenvalue weighted by Gasteiger charge is -2.41. The highest BCUT2D eigenvalue weighted by Crippen LogP contribution is 2.63. The van der Waals surface area contributed by atoms with Crippen molar-refractivity contribution in [2.24, 2.45) is 0 Å². The maximum atomic E-state index is 13.6. The second-order valence-electron chi connectivity index (χ2n) is 6.45. The van der Waals surface area contributed by atoms with Gasteiger partial charge >= 0.3 is 47.7 Å². The number of aryl methyl sites for hydroxylation is 1. The largest absolute Gasteiger partial charge is 0.460 e. The van der Waals surface area contributed by atoms with Gasteiger partial charge in [0.1, 0.15) is 5.75 Å². The highest BCUT2D eigenvalue weighted by molar-refractivity contribution is 5.28. The topological polar surface area (TPSA) is 9.23 Å². The normalized spacial score (nSPS) is 15.8. The van der Waals surface area contributed by atoms with Crippen molar-refractivity contribution in [2.75, 3.05) is 0 Å². The monoisotopic (exact) mass is 538 g/mol. The summed E-state index contributed by atoms with van der Waals surface area (Å²) in [5.41, 5.74) is 0.368. The molecule has 0 unspecified atom stereocenters. The summed E-state index contributed by atoms with van der Waals surface area (Å²) in [6.45, 7) is 1.38. The minimum absolute atomic E-state index is 0.368. The molecule has 0 aliphatic carbocycles. The summed E-state index contributed by atoms with van der Waals surface area (Å²) >= 11 is 0. The maximum Gasteiger partial charge on any atom is 0.460 e. The first-order chi connectivity index (χ1) is 14.8. The van der Waals surface area contributed by atoms with Gasteiger partial charge in [0.05, 0.1) is 0 Å². The van der Waals surface area contributed by atoms with E-state index >= 15 is 0 Å². The lowest BCUT2D eigenvalue weighted by molar-refractivity contribution is -0.451. The zero-order valence-electron chi connectivity index (χ0n) is 15.6. The second-order valence-corrected chi connectivity index (χ2v) is 6.45. The molecule has 1 aromatic rings. The second kappa shape index (κ2) is 8.35. The molecule has 0 N–H and O–H groups in total. The zero-order chi connectivity index (χ0) is 27.3. The van der Waals surface area contributed by atoms with Gasteiger partial charge in [-0.25, -0.2) is 0 Å². The Balaban J connectivity index is 3.57. The fraction of sp³-hybridized carbons (Fsp3) is 0.500. The molecule has 0 saturated carbocycles. The molecule has 1 aromatic carbocycles. The Labute approximate surface area is 176 Å². The number of rotatable bonds is 8. The van der Waals surface area contributed by atoms with Crippen LogP contribution in [0.2, 0.25) is 0 Å². The van der Waals surface area contributed by atoms with E-state index in [0.29, 0.717) is 17.7 Å². The lowest BCUT2D eigenvalue weighted by atomic mass is 9.91. The van der Waals surface area contributed by atoms with E-state index in [4.69, 9.17) is 0 Å². The van der Waals surface area contributed by atoms with Crippen LogP contribution in [0.1, 0.15) is 5.56 Å². The molecular weight excluding hydrogens is 531 g/mol. The number of benzene rings is 1. The number of hydrogen-bond acceptors (Lipinski definition) is 1. The van der Waals surface area contributed by atoms with Crippen molar-refractivity contribution in [3.05, 3.63) is 41.7 Å². The van der Waals surface area contributed by atoms with Crippen molar-refractivity contribution < 1.29 is 79.4 Å². The molecule has 0 spiro atoms. The minimum atomic E-state index is -8.61. The lowest BCUT2D eigenvalue weighted by Crippen LogP contribution is -2.72. The summed E-state index contributed by atoms with van der Waals surface area (Å²) in [5, 5.41) is 0. The molecule has 0 fully saturated rings. The van der Waals surface area contributed by atoms with Gasteiger partial charge < -0.3 is 4.74 Å². The van der Waals surface area contributed by atoms with Crippen LogP contribution in [0.5, 0.6) is 5.75 Å². The third-order valence-electron chi connectivity index (χ3n) is 4.00. The van der Waals surface area contributed by atoms with Crippen molar-refractivity contribution in [1.82, 2.24) is 0 Å². The van der Waals surface area contributed by atoms with Crippen molar-refractivity contribution >= 4 is 0 Å². The Hall–Kier alpha value is -2.43. The predicted octanol–water partition coefficient (Wildman–Crippen LogP) is 7.86. The van der Waals surface area contributed by atoms with Crippen LogP contribution < -0.4 is 4.74 Å². The molecule has 0 heterocycles. The van der Waals surface area contributed by atoms with Crippen molar-refractivity contribution in [1.29, 1.82) is 0 Å². The molecule has 1 nitrogen and oxygen atoms in total. The quantitative estimate of drug-likeness (QED) is 0.242. The van der Waals surface area contributed by atoms with E-state index in [9.17, 15) is 74.6 Å². The molecular formula is C16H7F17O. The zero-order valence-corrected chi connectivity index (χ0v) is 15.6. The molecule has 34 heavy (non-hydrogen) atoms. The SMILES string of the molecule is Cc1ccc(OC(F)=C(F)C(F)(F)C(F)(F)C(F)(F)C(F)(F)C(F)(F)C(F)(F)C(F)(F)F)cc1. The van der Waals surface area contributed by atoms with E-state index in [1.807, 2.05) is 0 Å². The Kier molecular flexibility index (Phi) is 7.27. The third-order valence-corrected chi connectivity index (χ3v) is 4.00. The van der Waals surface area contributed by atoms with Crippen LogP contribution in [0.3, 0.4) is 0 Å². The van der Waals surface area contributed by atoms with Crippen LogP contribution in [0.15, 0.2) is 36.1 Å². The molecule has 0 atom stereocenters. The summed E-state index contributed by atoms with van der Waals surface area (Å²) in [6, 6.07) is -0.113. The van der Waals surface area contributed by atoms with Crippen molar-refractivity contribution in [2.45, 2.75) is 48.6 Å². The Morgan fingerprint density at radius 1 is 0.559 bits per heavy atom. The molecule has 0 amide bonds. The summed E-state index contributed by atoms with van der Waals surface area (Å²) in [6.07, 6.45) is -7.77. The smallest absolute Gasteiger partial charge is 0.430 e. The summed E-state index contributed by atoms with van der Waals surface area (Å²) in [4.78, 5) is 0. The van der Waals surface area contributed by atoms with Gasteiger partial charge in [-0.1, -0.05) is 17.7 Å². The Morgan fingerprint density at radius 2 is 0.912 bits per heavy atom. The van der Waals surface area contributed by atoms with Gasteiger partial charge in [0.25, 0.3) is 0 Å². The number of allylic oxidation sites excluding steroid dienone is 1. The van der Waals surface area contributed by atoms with Gasteiger partial charge in [-0.2, -0.15) is 74.6 Å². The molecule has 18 heteroatoms. The van der Waals surface area contributed by atoms with Gasteiger partial charge in [0.2, 0.25) is 5.83 Å². The van der Waals surface area contributed by atoms with Crippen LogP contribution in [0, 0.1) is 6.92 Å². The van der Waals surface area contributed by atoms with Crippen molar-refractivity contribution in [3.8, 4) is 5.75 Å². The van der Waals surface area contributed by atoms with Crippen LogP contribution in [0.4, 0.5) is 74.6 Å². The third kappa shape index (κ3) is 4.23. The van der Waals surface area contributed by atoms with Crippen LogP contribution in [-0.4, -0.2) is 41.7 Å². The first kappa shape index (κ1) is 29.6. The Bertz CT molecular complexity index is 910. The molecule has 0 radical (unpaired) electrons. The van der Waals surface area contributed by atoms with Gasteiger partial charge in [-0.3, -0.25) is 0 Å². The van der Waals surface area contributed by atoms with E-state index < -0.39 is 59.3 Å². The highest BCUT2D eigenvalue weighted by Gasteiger charge is 2.93. The Morgan fingerprint density at radius 3 is 1.29 bits per heavy atom. The summed E-state index contributed by atoms with van der Waals surface area (Å²) in [7, 11) is 0. The molecule has 0 bridgehead atoms. The van der Waals surface area contributed by atoms with E-state index in [2.05, 4.69) is 4.74 Å². The highest BCUT2D eigenvalue weighted by atomic mass is 19.4. The summed E-state index contributed by atoms with van der Waals surface area (Å²) < 4.78 is 226. The number of ether oxygens (including phenoxy) is 1. The standard InChI is InChI=1S/C16H7F17O/c1-6-2-4-7(5-3-6)34-9(18)8(17)10(19,20)11(21,22)12(23,24)13(25,26)14(27,28)15(29,30)16(31,32)33/h2-5H,1H3. The molecule has 196 valence electrons. The summed E-state index contributed by atoms with van der Waals surface area (Å²) in [5.74, 6) is -55.0. The van der Waals surface area contributed by atoms with E-state index in [-0.39, 0.29) is 0 Å². The van der Waals surface area contributed by atoms with Crippen LogP contribution >= 0.6 is 0 Å². The van der Waals surface area contributed by atoms with E-state index in [1.165, 1.54) is 6.92 Å². The number of alkyl halides is 15. The van der Waals surface area contributed by atoms with Crippen molar-refractivity contribution in [3.63, 3.8) is 0 Å². The van der Waals surface area contributed by atoms with Gasteiger partial charge in [0, 0.05) is 0 Å². The first-order valence-electron chi connectivity index (χ1n) is 7.94. The molecule has 0 saturated heterocycles. The molecule has 0 aliphatic rings. The van der Waals surface area contributed by atoms with Crippen LogP contribution in [0.25, 0.3) is 0 Å². The molecule has 1 rings (SSSR count). The fourth-order valence-corrected chi connectivity index (χ4v) is 1.98. The average Bonchev–Trinajstić information content (AvgIpc) is 2.67. The first-order valence-corrected chi connectivity index (χ1v) is 7.94. The number of halogens is 17. The minimum Gasteiger partial charge on any atom is -0.430 e. The fourth-order valence-electron chi connectivity index (χ4n) is 1.98. The van der Waals surface area contributed by atoms with Gasteiger partial charge in [-0.05, 0) is 19.1 Å². The van der Waals surface area contributed by atoms with Crippen LogP contribution in [-0.2, 0) is 0 Å². The van der Waals surface area contributed by atoms with Gasteiger partial charge in [0.15, 0.2) is 0 Å². The van der Waals surface area contributed by atoms with E-state index in [0.717, 1.165) is 12.1 Å². The van der Waals surface area contributed by atoms with E-state index in [1.54, 1.807) is 0 Å².